The number of carbonyl (C=O) groups excluding carboxylic acids is 1. The van der Waals surface area contributed by atoms with Crippen molar-refractivity contribution in [1.82, 2.24) is 14.8 Å². The molecule has 0 spiro atoms. The van der Waals surface area contributed by atoms with Crippen molar-refractivity contribution in [2.24, 2.45) is 0 Å². The quantitative estimate of drug-likeness (QED) is 0.854. The van der Waals surface area contributed by atoms with Gasteiger partial charge in [0, 0.05) is 43.5 Å². The van der Waals surface area contributed by atoms with Crippen molar-refractivity contribution < 1.29 is 15.0 Å². The minimum atomic E-state index is -0.183. The molecule has 1 fully saturated rings. The first kappa shape index (κ1) is 18.4. The van der Waals surface area contributed by atoms with E-state index in [2.05, 4.69) is 29.2 Å². The first-order valence-electron chi connectivity index (χ1n) is 8.80. The number of aliphatic hydroxyl groups excluding tert-OH is 1. The SMILES string of the molecule is Cc1ccc(CN2CCN(Cc3c(CO)cnc(C)c3O)CC2=O)cc1. The summed E-state index contributed by atoms with van der Waals surface area (Å²) in [6.07, 6.45) is 1.58. The third-order valence-corrected chi connectivity index (χ3v) is 4.87. The molecule has 1 aliphatic heterocycles. The number of aliphatic hydroxyl groups is 1. The van der Waals surface area contributed by atoms with E-state index in [9.17, 15) is 15.0 Å². The van der Waals surface area contributed by atoms with Crippen molar-refractivity contribution in [3.05, 3.63) is 58.4 Å². The maximum atomic E-state index is 12.5. The lowest BCUT2D eigenvalue weighted by atomic mass is 10.1. The predicted molar refractivity (Wildman–Crippen MR) is 98.4 cm³/mol. The third-order valence-electron chi connectivity index (χ3n) is 4.87. The number of benzene rings is 1. The van der Waals surface area contributed by atoms with E-state index >= 15 is 0 Å². The van der Waals surface area contributed by atoms with Gasteiger partial charge in [-0.3, -0.25) is 14.7 Å². The van der Waals surface area contributed by atoms with Gasteiger partial charge in [0.1, 0.15) is 5.75 Å². The summed E-state index contributed by atoms with van der Waals surface area (Å²) in [6, 6.07) is 8.22. The number of hydrogen-bond acceptors (Lipinski definition) is 5. The van der Waals surface area contributed by atoms with Crippen LogP contribution in [0.5, 0.6) is 5.75 Å². The van der Waals surface area contributed by atoms with E-state index in [0.29, 0.717) is 43.0 Å². The van der Waals surface area contributed by atoms with Crippen LogP contribution in [-0.4, -0.2) is 50.5 Å². The Morgan fingerprint density at radius 2 is 1.85 bits per heavy atom. The Morgan fingerprint density at radius 1 is 1.12 bits per heavy atom. The fraction of sp³-hybridized carbons (Fsp3) is 0.400. The van der Waals surface area contributed by atoms with Crippen LogP contribution >= 0.6 is 0 Å². The summed E-state index contributed by atoms with van der Waals surface area (Å²) in [4.78, 5) is 20.5. The number of nitrogens with zero attached hydrogens (tertiary/aromatic N) is 3. The summed E-state index contributed by atoms with van der Waals surface area (Å²) in [5, 5.41) is 19.8. The molecule has 0 bridgehead atoms. The van der Waals surface area contributed by atoms with Gasteiger partial charge >= 0.3 is 0 Å². The van der Waals surface area contributed by atoms with Gasteiger partial charge < -0.3 is 15.1 Å². The Labute approximate surface area is 153 Å². The molecule has 0 aliphatic carbocycles. The van der Waals surface area contributed by atoms with Gasteiger partial charge in [-0.05, 0) is 19.4 Å². The minimum absolute atomic E-state index is 0.0765. The highest BCUT2D eigenvalue weighted by atomic mass is 16.3. The zero-order chi connectivity index (χ0) is 18.7. The molecule has 2 N–H and O–H groups in total. The molecule has 26 heavy (non-hydrogen) atoms. The van der Waals surface area contributed by atoms with Gasteiger partial charge in [0.2, 0.25) is 5.91 Å². The lowest BCUT2D eigenvalue weighted by molar-refractivity contribution is -0.136. The van der Waals surface area contributed by atoms with Crippen LogP contribution in [0.1, 0.15) is 27.9 Å². The maximum Gasteiger partial charge on any atom is 0.237 e. The predicted octanol–water partition coefficient (Wildman–Crippen LogP) is 1.74. The lowest BCUT2D eigenvalue weighted by Crippen LogP contribution is -2.49. The number of hydrogen-bond donors (Lipinski definition) is 2. The number of carbonyl (C=O) groups is 1. The molecule has 1 amide bonds. The first-order chi connectivity index (χ1) is 12.5. The van der Waals surface area contributed by atoms with Crippen molar-refractivity contribution >= 4 is 5.91 Å². The normalized spacial score (nSPS) is 15.5. The fourth-order valence-electron chi connectivity index (χ4n) is 3.19. The molecule has 1 aliphatic rings. The van der Waals surface area contributed by atoms with E-state index < -0.39 is 0 Å². The number of piperazine rings is 1. The van der Waals surface area contributed by atoms with Crippen LogP contribution in [0.15, 0.2) is 30.5 Å². The Morgan fingerprint density at radius 3 is 2.50 bits per heavy atom. The molecule has 6 heteroatoms. The molecular weight excluding hydrogens is 330 g/mol. The van der Waals surface area contributed by atoms with Gasteiger partial charge in [-0.2, -0.15) is 0 Å². The van der Waals surface area contributed by atoms with Crippen LogP contribution in [0.2, 0.25) is 0 Å². The van der Waals surface area contributed by atoms with Crippen LogP contribution in [0.4, 0.5) is 0 Å². The number of aromatic nitrogens is 1. The van der Waals surface area contributed by atoms with E-state index in [4.69, 9.17) is 0 Å². The van der Waals surface area contributed by atoms with Crippen LogP contribution in [0, 0.1) is 13.8 Å². The second-order valence-corrected chi connectivity index (χ2v) is 6.87. The summed E-state index contributed by atoms with van der Waals surface area (Å²) >= 11 is 0. The number of amides is 1. The van der Waals surface area contributed by atoms with Crippen molar-refractivity contribution in [2.75, 3.05) is 19.6 Å². The highest BCUT2D eigenvalue weighted by Crippen LogP contribution is 2.26. The standard InChI is InChI=1S/C20H25N3O3/c1-14-3-5-16(6-4-14)10-23-8-7-22(12-19(23)25)11-18-17(13-24)9-21-15(2)20(18)26/h3-6,9,24,26H,7-8,10-13H2,1-2H3. The van der Waals surface area contributed by atoms with E-state index in [1.54, 1.807) is 13.1 Å². The summed E-state index contributed by atoms with van der Waals surface area (Å²) in [6.45, 7) is 6.31. The van der Waals surface area contributed by atoms with E-state index in [1.165, 1.54) is 5.56 Å². The lowest BCUT2D eigenvalue weighted by Gasteiger charge is -2.34. The largest absolute Gasteiger partial charge is 0.506 e. The van der Waals surface area contributed by atoms with E-state index in [1.807, 2.05) is 16.7 Å². The molecule has 1 aromatic heterocycles. The van der Waals surface area contributed by atoms with Crippen molar-refractivity contribution in [1.29, 1.82) is 0 Å². The molecule has 2 heterocycles. The molecule has 138 valence electrons. The van der Waals surface area contributed by atoms with E-state index in [-0.39, 0.29) is 18.3 Å². The molecule has 6 nitrogen and oxygen atoms in total. The maximum absolute atomic E-state index is 12.5. The Bertz CT molecular complexity index is 790. The summed E-state index contributed by atoms with van der Waals surface area (Å²) in [7, 11) is 0. The number of rotatable bonds is 5. The zero-order valence-electron chi connectivity index (χ0n) is 15.3. The van der Waals surface area contributed by atoms with Crippen molar-refractivity contribution in [3.63, 3.8) is 0 Å². The highest BCUT2D eigenvalue weighted by molar-refractivity contribution is 5.79. The van der Waals surface area contributed by atoms with Crippen molar-refractivity contribution in [2.45, 2.75) is 33.5 Å². The molecule has 2 aromatic rings. The van der Waals surface area contributed by atoms with E-state index in [0.717, 1.165) is 12.1 Å². The number of pyridine rings is 1. The van der Waals surface area contributed by atoms with Crippen LogP contribution in [0.25, 0.3) is 0 Å². The minimum Gasteiger partial charge on any atom is -0.506 e. The van der Waals surface area contributed by atoms with Crippen LogP contribution in [-0.2, 0) is 24.5 Å². The first-order valence-corrected chi connectivity index (χ1v) is 8.80. The van der Waals surface area contributed by atoms with Crippen molar-refractivity contribution in [3.8, 4) is 5.75 Å². The Hall–Kier alpha value is -2.44. The third kappa shape index (κ3) is 4.03. The van der Waals surface area contributed by atoms with Gasteiger partial charge in [0.15, 0.2) is 0 Å². The Kier molecular flexibility index (Phi) is 5.54. The highest BCUT2D eigenvalue weighted by Gasteiger charge is 2.25. The molecule has 3 rings (SSSR count). The monoisotopic (exact) mass is 355 g/mol. The van der Waals surface area contributed by atoms with Gasteiger partial charge in [0.05, 0.1) is 18.8 Å². The van der Waals surface area contributed by atoms with Gasteiger partial charge in [-0.1, -0.05) is 29.8 Å². The molecular formula is C20H25N3O3. The summed E-state index contributed by atoms with van der Waals surface area (Å²) in [5.41, 5.74) is 4.11. The summed E-state index contributed by atoms with van der Waals surface area (Å²) in [5.74, 6) is 0.179. The Balaban J connectivity index is 1.65. The van der Waals surface area contributed by atoms with Gasteiger partial charge in [-0.25, -0.2) is 0 Å². The molecule has 0 atom stereocenters. The number of aryl methyl sites for hydroxylation is 2. The molecule has 0 unspecified atom stereocenters. The zero-order valence-corrected chi connectivity index (χ0v) is 15.3. The van der Waals surface area contributed by atoms with Crippen LogP contribution in [0.3, 0.4) is 0 Å². The average molecular weight is 355 g/mol. The smallest absolute Gasteiger partial charge is 0.237 e. The van der Waals surface area contributed by atoms with Crippen LogP contribution < -0.4 is 0 Å². The summed E-state index contributed by atoms with van der Waals surface area (Å²) < 4.78 is 0. The van der Waals surface area contributed by atoms with Gasteiger partial charge in [0.25, 0.3) is 0 Å². The molecule has 0 radical (unpaired) electrons. The number of aromatic hydroxyl groups is 1. The fourth-order valence-corrected chi connectivity index (χ4v) is 3.19. The molecule has 1 saturated heterocycles. The second-order valence-electron chi connectivity index (χ2n) is 6.87. The molecule has 1 aromatic carbocycles. The van der Waals surface area contributed by atoms with Gasteiger partial charge in [-0.15, -0.1) is 0 Å². The second kappa shape index (κ2) is 7.85. The topological polar surface area (TPSA) is 76.9 Å². The average Bonchev–Trinajstić information content (AvgIpc) is 2.63. The molecule has 0 saturated carbocycles.